The van der Waals surface area contributed by atoms with E-state index < -0.39 is 0 Å². The summed E-state index contributed by atoms with van der Waals surface area (Å²) in [4.78, 5) is 19.7. The third-order valence-corrected chi connectivity index (χ3v) is 3.86. The lowest BCUT2D eigenvalue weighted by atomic mass is 10.1. The summed E-state index contributed by atoms with van der Waals surface area (Å²) in [6, 6.07) is 10.2. The van der Waals surface area contributed by atoms with E-state index in [-0.39, 0.29) is 0 Å². The second kappa shape index (κ2) is 5.31. The summed E-state index contributed by atoms with van der Waals surface area (Å²) in [5.74, 6) is 0.824. The van der Waals surface area contributed by atoms with Crippen LogP contribution in [0.5, 0.6) is 0 Å². The minimum absolute atomic E-state index is 0.675. The Hall–Kier alpha value is -3.02. The van der Waals surface area contributed by atoms with E-state index in [1.165, 1.54) is 0 Å². The molecule has 6 nitrogen and oxygen atoms in total. The Balaban J connectivity index is 1.83. The van der Waals surface area contributed by atoms with E-state index in [2.05, 4.69) is 44.2 Å². The van der Waals surface area contributed by atoms with Gasteiger partial charge in [-0.05, 0) is 11.6 Å². The Labute approximate surface area is 133 Å². The van der Waals surface area contributed by atoms with Crippen molar-refractivity contribution in [2.75, 3.05) is 19.0 Å². The number of nitrogens with zero attached hydrogens (tertiary/aromatic N) is 6. The average Bonchev–Trinajstić information content (AvgIpc) is 2.98. The number of rotatable bonds is 3. The zero-order valence-corrected chi connectivity index (χ0v) is 13.0. The third kappa shape index (κ3) is 2.28. The maximum absolute atomic E-state index is 4.51. The van der Waals surface area contributed by atoms with Crippen molar-refractivity contribution in [2.24, 2.45) is 0 Å². The monoisotopic (exact) mass is 304 g/mol. The Morgan fingerprint density at radius 2 is 1.83 bits per heavy atom. The zero-order chi connectivity index (χ0) is 15.8. The van der Waals surface area contributed by atoms with E-state index in [1.54, 1.807) is 6.33 Å². The minimum Gasteiger partial charge on any atom is -0.361 e. The van der Waals surface area contributed by atoms with Crippen molar-refractivity contribution in [3.05, 3.63) is 54.7 Å². The predicted octanol–water partition coefficient (Wildman–Crippen LogP) is 2.49. The van der Waals surface area contributed by atoms with Crippen molar-refractivity contribution < 1.29 is 0 Å². The summed E-state index contributed by atoms with van der Waals surface area (Å²) in [7, 11) is 3.91. The van der Waals surface area contributed by atoms with Crippen molar-refractivity contribution in [3.63, 3.8) is 0 Å². The van der Waals surface area contributed by atoms with Crippen LogP contribution >= 0.6 is 0 Å². The quantitative estimate of drug-likeness (QED) is 0.582. The van der Waals surface area contributed by atoms with Crippen LogP contribution in [0, 0.1) is 0 Å². The molecule has 0 N–H and O–H groups in total. The topological polar surface area (TPSA) is 59.7 Å². The number of hydrogen-bond acceptors (Lipinski definition) is 5. The molecule has 0 radical (unpaired) electrons. The normalized spacial score (nSPS) is 11.2. The Kier molecular flexibility index (Phi) is 3.15. The largest absolute Gasteiger partial charge is 0.361 e. The summed E-state index contributed by atoms with van der Waals surface area (Å²) in [6.45, 7) is 0.675. The number of fused-ring (bicyclic) bond motifs is 2. The highest BCUT2D eigenvalue weighted by Crippen LogP contribution is 2.22. The van der Waals surface area contributed by atoms with Crippen molar-refractivity contribution in [1.82, 2.24) is 24.5 Å². The van der Waals surface area contributed by atoms with Crippen LogP contribution in [0.1, 0.15) is 5.56 Å². The highest BCUT2D eigenvalue weighted by atomic mass is 15.2. The fourth-order valence-electron chi connectivity index (χ4n) is 2.79. The first kappa shape index (κ1) is 13.6. The summed E-state index contributed by atoms with van der Waals surface area (Å²) in [5, 5.41) is 1.14. The van der Waals surface area contributed by atoms with Crippen LogP contribution in [-0.2, 0) is 6.54 Å². The van der Waals surface area contributed by atoms with E-state index in [4.69, 9.17) is 0 Å². The number of hydrogen-bond donors (Lipinski definition) is 0. The van der Waals surface area contributed by atoms with Crippen LogP contribution in [0.2, 0.25) is 0 Å². The van der Waals surface area contributed by atoms with Crippen LogP contribution in [0.4, 0.5) is 5.82 Å². The fourth-order valence-corrected chi connectivity index (χ4v) is 2.79. The molecule has 0 aliphatic carbocycles. The van der Waals surface area contributed by atoms with Crippen LogP contribution < -0.4 is 4.90 Å². The van der Waals surface area contributed by atoms with Gasteiger partial charge in [-0.1, -0.05) is 24.3 Å². The maximum atomic E-state index is 4.51. The number of aromatic nitrogens is 5. The first-order chi connectivity index (χ1) is 11.2. The highest BCUT2D eigenvalue weighted by molar-refractivity contribution is 5.84. The summed E-state index contributed by atoms with van der Waals surface area (Å²) in [6.07, 6.45) is 5.22. The summed E-state index contributed by atoms with van der Waals surface area (Å²) in [5.41, 5.74) is 3.80. The van der Waals surface area contributed by atoms with E-state index in [1.807, 2.05) is 42.2 Å². The van der Waals surface area contributed by atoms with Gasteiger partial charge >= 0.3 is 0 Å². The van der Waals surface area contributed by atoms with Gasteiger partial charge in [0.25, 0.3) is 0 Å². The van der Waals surface area contributed by atoms with Gasteiger partial charge in [0, 0.05) is 25.7 Å². The molecule has 0 saturated carbocycles. The molecule has 3 aromatic heterocycles. The van der Waals surface area contributed by atoms with E-state index in [0.717, 1.165) is 33.4 Å². The molecule has 4 aromatic rings. The molecule has 0 bridgehead atoms. The standard InChI is InChI=1S/C17H16N6/c1-22(2)16-15-17(20-10-19-16)23(11-21-15)9-13-6-3-5-12-7-4-8-18-14(12)13/h3-8,10-11H,9H2,1-2H3. The van der Waals surface area contributed by atoms with E-state index in [0.29, 0.717) is 6.54 Å². The van der Waals surface area contributed by atoms with Gasteiger partial charge < -0.3 is 9.47 Å². The number of benzene rings is 1. The molecule has 0 amide bonds. The van der Waals surface area contributed by atoms with Crippen molar-refractivity contribution in [1.29, 1.82) is 0 Å². The molecule has 6 heteroatoms. The van der Waals surface area contributed by atoms with Crippen LogP contribution in [-0.4, -0.2) is 38.6 Å². The molecular weight excluding hydrogens is 288 g/mol. The van der Waals surface area contributed by atoms with Gasteiger partial charge in [0.2, 0.25) is 0 Å². The highest BCUT2D eigenvalue weighted by Gasteiger charge is 2.12. The summed E-state index contributed by atoms with van der Waals surface area (Å²) < 4.78 is 2.04. The van der Waals surface area contributed by atoms with Gasteiger partial charge in [-0.15, -0.1) is 0 Å². The molecule has 0 unspecified atom stereocenters. The molecule has 0 saturated heterocycles. The average molecular weight is 304 g/mol. The van der Waals surface area contributed by atoms with Gasteiger partial charge in [0.1, 0.15) is 6.33 Å². The lowest BCUT2D eigenvalue weighted by Crippen LogP contribution is -2.11. The smallest absolute Gasteiger partial charge is 0.165 e. The molecule has 4 rings (SSSR count). The SMILES string of the molecule is CN(C)c1ncnc2c1ncn2Cc1cccc2cccnc12. The molecule has 0 spiro atoms. The molecule has 0 aliphatic rings. The number of pyridine rings is 1. The predicted molar refractivity (Wildman–Crippen MR) is 90.5 cm³/mol. The molecule has 0 aliphatic heterocycles. The van der Waals surface area contributed by atoms with E-state index in [9.17, 15) is 0 Å². The van der Waals surface area contributed by atoms with Crippen molar-refractivity contribution in [3.8, 4) is 0 Å². The molecule has 0 atom stereocenters. The lowest BCUT2D eigenvalue weighted by molar-refractivity contribution is 0.816. The molecular formula is C17H16N6. The molecule has 3 heterocycles. The fraction of sp³-hybridized carbons (Fsp3) is 0.176. The molecule has 114 valence electrons. The van der Waals surface area contributed by atoms with Gasteiger partial charge in [-0.2, -0.15) is 0 Å². The van der Waals surface area contributed by atoms with Gasteiger partial charge in [-0.25, -0.2) is 15.0 Å². The zero-order valence-electron chi connectivity index (χ0n) is 13.0. The maximum Gasteiger partial charge on any atom is 0.165 e. The second-order valence-corrected chi connectivity index (χ2v) is 5.63. The van der Waals surface area contributed by atoms with Crippen molar-refractivity contribution in [2.45, 2.75) is 6.54 Å². The molecule has 23 heavy (non-hydrogen) atoms. The minimum atomic E-state index is 0.675. The molecule has 0 fully saturated rings. The van der Waals surface area contributed by atoms with Gasteiger partial charge in [-0.3, -0.25) is 4.98 Å². The number of para-hydroxylation sites is 1. The number of anilines is 1. The van der Waals surface area contributed by atoms with Gasteiger partial charge in [0.05, 0.1) is 18.4 Å². The first-order valence-electron chi connectivity index (χ1n) is 7.40. The van der Waals surface area contributed by atoms with Gasteiger partial charge in [0.15, 0.2) is 17.0 Å². The Bertz CT molecular complexity index is 983. The number of imidazole rings is 1. The third-order valence-electron chi connectivity index (χ3n) is 3.86. The van der Waals surface area contributed by atoms with Crippen LogP contribution in [0.15, 0.2) is 49.2 Å². The van der Waals surface area contributed by atoms with E-state index >= 15 is 0 Å². The first-order valence-corrected chi connectivity index (χ1v) is 7.40. The van der Waals surface area contributed by atoms with Crippen LogP contribution in [0.3, 0.4) is 0 Å². The van der Waals surface area contributed by atoms with Crippen LogP contribution in [0.25, 0.3) is 22.1 Å². The second-order valence-electron chi connectivity index (χ2n) is 5.63. The summed E-state index contributed by atoms with van der Waals surface area (Å²) >= 11 is 0. The Morgan fingerprint density at radius 1 is 0.957 bits per heavy atom. The molecule has 1 aromatic carbocycles. The Morgan fingerprint density at radius 3 is 2.70 bits per heavy atom. The lowest BCUT2D eigenvalue weighted by Gasteiger charge is -2.11. The van der Waals surface area contributed by atoms with Crippen molar-refractivity contribution >= 4 is 27.9 Å².